The van der Waals surface area contributed by atoms with E-state index in [9.17, 15) is 9.59 Å². The Balaban J connectivity index is 1.88. The molecule has 0 bridgehead atoms. The number of rotatable bonds is 4. The normalized spacial score (nSPS) is 26.8. The lowest BCUT2D eigenvalue weighted by atomic mass is 9.76. The van der Waals surface area contributed by atoms with Crippen molar-refractivity contribution in [1.29, 1.82) is 0 Å². The molecule has 3 rings (SSSR count). The van der Waals surface area contributed by atoms with E-state index in [-0.39, 0.29) is 16.7 Å². The summed E-state index contributed by atoms with van der Waals surface area (Å²) in [6.45, 7) is 11.0. The quantitative estimate of drug-likeness (QED) is 0.626. The van der Waals surface area contributed by atoms with Crippen LogP contribution in [0.4, 0.5) is 5.69 Å². The zero-order valence-corrected chi connectivity index (χ0v) is 16.9. The Morgan fingerprint density at radius 2 is 1.93 bits per heavy atom. The molecular weight excluding hydrogens is 338 g/mol. The van der Waals surface area contributed by atoms with E-state index in [4.69, 9.17) is 5.11 Å². The first-order chi connectivity index (χ1) is 12.5. The summed E-state index contributed by atoms with van der Waals surface area (Å²) in [7, 11) is 0. The number of carbonyl (C=O) groups is 2. The summed E-state index contributed by atoms with van der Waals surface area (Å²) in [5, 5.41) is 8.83. The molecule has 1 aromatic carbocycles. The SMILES string of the molecule is CC(=O)N1CCC(C)(C)c2cc([C@@]3(C)C[C@H]3C=CC(C)=CC(=O)O)ccc21. The number of fused-ring (bicyclic) bond motifs is 1. The minimum Gasteiger partial charge on any atom is -0.478 e. The van der Waals surface area contributed by atoms with Crippen molar-refractivity contribution in [2.24, 2.45) is 5.92 Å². The van der Waals surface area contributed by atoms with Crippen molar-refractivity contribution < 1.29 is 14.7 Å². The van der Waals surface area contributed by atoms with Gasteiger partial charge in [0.1, 0.15) is 0 Å². The maximum atomic E-state index is 12.0. The maximum absolute atomic E-state index is 12.0. The molecule has 0 unspecified atom stereocenters. The van der Waals surface area contributed by atoms with Crippen LogP contribution in [0.1, 0.15) is 58.6 Å². The van der Waals surface area contributed by atoms with Crippen molar-refractivity contribution in [2.45, 2.75) is 58.3 Å². The fourth-order valence-electron chi connectivity index (χ4n) is 4.16. The summed E-state index contributed by atoms with van der Waals surface area (Å²) in [4.78, 5) is 24.7. The Bertz CT molecular complexity index is 849. The smallest absolute Gasteiger partial charge is 0.328 e. The van der Waals surface area contributed by atoms with Gasteiger partial charge in [-0.3, -0.25) is 4.79 Å². The second kappa shape index (κ2) is 6.66. The van der Waals surface area contributed by atoms with E-state index in [0.29, 0.717) is 5.92 Å². The first-order valence-corrected chi connectivity index (χ1v) is 9.57. The van der Waals surface area contributed by atoms with E-state index >= 15 is 0 Å². The molecule has 0 spiro atoms. The van der Waals surface area contributed by atoms with E-state index in [1.165, 1.54) is 17.2 Å². The number of anilines is 1. The Hall–Kier alpha value is -2.36. The molecule has 1 fully saturated rings. The lowest BCUT2D eigenvalue weighted by Crippen LogP contribution is -2.40. The highest BCUT2D eigenvalue weighted by Gasteiger charge is 2.50. The highest BCUT2D eigenvalue weighted by Crippen LogP contribution is 2.56. The summed E-state index contributed by atoms with van der Waals surface area (Å²) < 4.78 is 0. The van der Waals surface area contributed by atoms with Crippen molar-refractivity contribution >= 4 is 17.6 Å². The predicted octanol–water partition coefficient (Wildman–Crippen LogP) is 4.59. The topological polar surface area (TPSA) is 57.6 Å². The molecule has 1 amide bonds. The third-order valence-corrected chi connectivity index (χ3v) is 6.26. The minimum absolute atomic E-state index is 0.0503. The summed E-state index contributed by atoms with van der Waals surface area (Å²) in [6, 6.07) is 6.55. The molecule has 0 radical (unpaired) electrons. The van der Waals surface area contributed by atoms with Crippen LogP contribution in [0.5, 0.6) is 0 Å². The average molecular weight is 367 g/mol. The maximum Gasteiger partial charge on any atom is 0.328 e. The van der Waals surface area contributed by atoms with Gasteiger partial charge in [-0.05, 0) is 59.3 Å². The molecule has 4 nitrogen and oxygen atoms in total. The molecule has 0 aromatic heterocycles. The predicted molar refractivity (Wildman–Crippen MR) is 108 cm³/mol. The molecule has 1 aliphatic carbocycles. The molecule has 2 atom stereocenters. The second-order valence-corrected chi connectivity index (χ2v) is 8.85. The Morgan fingerprint density at radius 1 is 1.22 bits per heavy atom. The van der Waals surface area contributed by atoms with Gasteiger partial charge in [0.25, 0.3) is 0 Å². The third-order valence-electron chi connectivity index (χ3n) is 6.26. The number of aliphatic carboxylic acids is 1. The van der Waals surface area contributed by atoms with Gasteiger partial charge in [0, 0.05) is 25.2 Å². The van der Waals surface area contributed by atoms with Crippen LogP contribution in [0.15, 0.2) is 42.0 Å². The van der Waals surface area contributed by atoms with Crippen LogP contribution in [0.25, 0.3) is 0 Å². The van der Waals surface area contributed by atoms with Gasteiger partial charge in [-0.15, -0.1) is 0 Å². The largest absolute Gasteiger partial charge is 0.478 e. The van der Waals surface area contributed by atoms with Gasteiger partial charge < -0.3 is 10.0 Å². The number of benzene rings is 1. The Morgan fingerprint density at radius 3 is 2.56 bits per heavy atom. The molecule has 0 saturated heterocycles. The monoisotopic (exact) mass is 367 g/mol. The molecule has 144 valence electrons. The average Bonchev–Trinajstić information content (AvgIpc) is 3.23. The van der Waals surface area contributed by atoms with Gasteiger partial charge >= 0.3 is 5.97 Å². The molecule has 27 heavy (non-hydrogen) atoms. The Labute approximate surface area is 161 Å². The zero-order chi connectivity index (χ0) is 20.0. The van der Waals surface area contributed by atoms with Gasteiger partial charge in [0.2, 0.25) is 5.91 Å². The number of carbonyl (C=O) groups excluding carboxylic acids is 1. The molecule has 4 heteroatoms. The summed E-state index contributed by atoms with van der Waals surface area (Å²) in [5.41, 5.74) is 4.46. The zero-order valence-electron chi connectivity index (χ0n) is 16.9. The van der Waals surface area contributed by atoms with Crippen molar-refractivity contribution in [3.8, 4) is 0 Å². The molecule has 1 aliphatic heterocycles. The van der Waals surface area contributed by atoms with E-state index in [1.807, 2.05) is 17.9 Å². The minimum atomic E-state index is -0.914. The van der Waals surface area contributed by atoms with Crippen molar-refractivity contribution in [3.63, 3.8) is 0 Å². The van der Waals surface area contributed by atoms with Crippen LogP contribution in [-0.2, 0) is 20.4 Å². The number of hydrogen-bond donors (Lipinski definition) is 1. The second-order valence-electron chi connectivity index (χ2n) is 8.85. The van der Waals surface area contributed by atoms with Crippen molar-refractivity contribution in [3.05, 3.63) is 53.1 Å². The van der Waals surface area contributed by atoms with Gasteiger partial charge in [-0.1, -0.05) is 45.1 Å². The Kier molecular flexibility index (Phi) is 4.79. The summed E-state index contributed by atoms with van der Waals surface area (Å²) in [6.07, 6.45) is 7.28. The summed E-state index contributed by atoms with van der Waals surface area (Å²) >= 11 is 0. The van der Waals surface area contributed by atoms with Crippen molar-refractivity contribution in [2.75, 3.05) is 11.4 Å². The number of allylic oxidation sites excluding steroid dienone is 3. The number of hydrogen-bond acceptors (Lipinski definition) is 2. The summed E-state index contributed by atoms with van der Waals surface area (Å²) in [5.74, 6) is -0.412. The lowest BCUT2D eigenvalue weighted by molar-refractivity contribution is -0.131. The van der Waals surface area contributed by atoms with Gasteiger partial charge in [-0.25, -0.2) is 4.79 Å². The highest BCUT2D eigenvalue weighted by molar-refractivity contribution is 5.93. The molecule has 1 aromatic rings. The van der Waals surface area contributed by atoms with Crippen LogP contribution in [-0.4, -0.2) is 23.5 Å². The van der Waals surface area contributed by atoms with Crippen LogP contribution < -0.4 is 4.90 Å². The number of amides is 1. The molecule has 1 heterocycles. The fraction of sp³-hybridized carbons (Fsp3) is 0.478. The van der Waals surface area contributed by atoms with Crippen LogP contribution >= 0.6 is 0 Å². The number of carboxylic acid groups (broad SMARTS) is 1. The van der Waals surface area contributed by atoms with Crippen LogP contribution in [0, 0.1) is 5.92 Å². The number of nitrogens with zero attached hydrogens (tertiary/aromatic N) is 1. The van der Waals surface area contributed by atoms with Gasteiger partial charge in [0.05, 0.1) is 0 Å². The molecule has 1 N–H and O–H groups in total. The van der Waals surface area contributed by atoms with Gasteiger partial charge in [-0.2, -0.15) is 0 Å². The van der Waals surface area contributed by atoms with Crippen molar-refractivity contribution in [1.82, 2.24) is 0 Å². The first-order valence-electron chi connectivity index (χ1n) is 9.57. The first kappa shape index (κ1) is 19.4. The van der Waals surface area contributed by atoms with Crippen LogP contribution in [0.2, 0.25) is 0 Å². The standard InChI is InChI=1S/C23H29NO3/c1-15(12-21(26)27)6-7-18-14-23(18,5)17-8-9-20-19(13-17)22(3,4)10-11-24(20)16(2)25/h6-9,12-13,18H,10-11,14H2,1-5H3,(H,26,27)/t18-,23-/m1/s1. The third kappa shape index (κ3) is 3.71. The lowest BCUT2D eigenvalue weighted by Gasteiger charge is -2.39. The highest BCUT2D eigenvalue weighted by atomic mass is 16.4. The van der Waals surface area contributed by atoms with E-state index in [1.54, 1.807) is 6.92 Å². The molecule has 2 aliphatic rings. The molecule has 1 saturated carbocycles. The van der Waals surface area contributed by atoms with Crippen LogP contribution in [0.3, 0.4) is 0 Å². The molecular formula is C23H29NO3. The van der Waals surface area contributed by atoms with E-state index < -0.39 is 5.97 Å². The van der Waals surface area contributed by atoms with Gasteiger partial charge in [0.15, 0.2) is 0 Å². The van der Waals surface area contributed by atoms with E-state index in [0.717, 1.165) is 30.6 Å². The fourth-order valence-corrected chi connectivity index (χ4v) is 4.16. The van der Waals surface area contributed by atoms with E-state index in [2.05, 4.69) is 45.0 Å². The number of carboxylic acids is 1.